The number of aromatic nitrogens is 1. The first-order valence-corrected chi connectivity index (χ1v) is 6.95. The van der Waals surface area contributed by atoms with Gasteiger partial charge in [-0.3, -0.25) is 9.59 Å². The predicted octanol–water partition coefficient (Wildman–Crippen LogP) is 1.74. The van der Waals surface area contributed by atoms with Gasteiger partial charge in [-0.25, -0.2) is 4.98 Å². The Balaban J connectivity index is 2.27. The van der Waals surface area contributed by atoms with Crippen molar-refractivity contribution in [3.05, 3.63) is 28.5 Å². The summed E-state index contributed by atoms with van der Waals surface area (Å²) in [5, 5.41) is 5.45. The monoisotopic (exact) mass is 327 g/mol. The summed E-state index contributed by atoms with van der Waals surface area (Å²) in [6.45, 7) is 5.02. The van der Waals surface area contributed by atoms with E-state index in [-0.39, 0.29) is 18.2 Å². The van der Waals surface area contributed by atoms with Crippen molar-refractivity contribution in [2.75, 3.05) is 13.1 Å². The highest BCUT2D eigenvalue weighted by molar-refractivity contribution is 9.10. The Morgan fingerprint density at radius 2 is 2.05 bits per heavy atom. The van der Waals surface area contributed by atoms with Crippen molar-refractivity contribution in [3.63, 3.8) is 0 Å². The molecular formula is C13H18BrN3O2. The van der Waals surface area contributed by atoms with Crippen molar-refractivity contribution in [2.24, 2.45) is 5.92 Å². The molecule has 0 saturated heterocycles. The molecule has 2 amide bonds. The SMILES string of the molecule is CC(C)CNC(=O)CCNC(=O)c1ccc(Br)cn1. The van der Waals surface area contributed by atoms with Gasteiger partial charge in [-0.2, -0.15) is 0 Å². The first-order chi connectivity index (χ1) is 8.99. The Kier molecular flexibility index (Phi) is 6.49. The van der Waals surface area contributed by atoms with Crippen molar-refractivity contribution in [3.8, 4) is 0 Å². The smallest absolute Gasteiger partial charge is 0.269 e. The molecule has 0 bridgehead atoms. The molecule has 0 atom stereocenters. The van der Waals surface area contributed by atoms with Crippen LogP contribution in [-0.2, 0) is 4.79 Å². The summed E-state index contributed by atoms with van der Waals surface area (Å²) in [7, 11) is 0. The lowest BCUT2D eigenvalue weighted by atomic mass is 10.2. The maximum Gasteiger partial charge on any atom is 0.269 e. The van der Waals surface area contributed by atoms with Crippen LogP contribution in [0.2, 0.25) is 0 Å². The number of nitrogens with one attached hydrogen (secondary N) is 2. The third-order valence-corrected chi connectivity index (χ3v) is 2.77. The number of nitrogens with zero attached hydrogens (tertiary/aromatic N) is 1. The number of carbonyl (C=O) groups is 2. The van der Waals surface area contributed by atoms with E-state index in [9.17, 15) is 9.59 Å². The molecule has 5 nitrogen and oxygen atoms in total. The lowest BCUT2D eigenvalue weighted by Gasteiger charge is -2.08. The van der Waals surface area contributed by atoms with Gasteiger partial charge in [-0.1, -0.05) is 13.8 Å². The fourth-order valence-electron chi connectivity index (χ4n) is 1.30. The summed E-state index contributed by atoms with van der Waals surface area (Å²) in [5.74, 6) is 0.0902. The molecule has 1 heterocycles. The fraction of sp³-hybridized carbons (Fsp3) is 0.462. The van der Waals surface area contributed by atoms with Crippen LogP contribution in [0.5, 0.6) is 0 Å². The van der Waals surface area contributed by atoms with Crippen LogP contribution < -0.4 is 10.6 Å². The topological polar surface area (TPSA) is 71.1 Å². The van der Waals surface area contributed by atoms with E-state index >= 15 is 0 Å². The van der Waals surface area contributed by atoms with Crippen LogP contribution in [0.1, 0.15) is 30.8 Å². The van der Waals surface area contributed by atoms with Gasteiger partial charge in [-0.05, 0) is 34.0 Å². The maximum atomic E-state index is 11.7. The van der Waals surface area contributed by atoms with E-state index in [1.807, 2.05) is 13.8 Å². The van der Waals surface area contributed by atoms with Crippen LogP contribution in [0.3, 0.4) is 0 Å². The Bertz CT molecular complexity index is 432. The van der Waals surface area contributed by atoms with Crippen LogP contribution >= 0.6 is 15.9 Å². The number of carbonyl (C=O) groups excluding carboxylic acids is 2. The summed E-state index contributed by atoms with van der Waals surface area (Å²) >= 11 is 3.25. The third kappa shape index (κ3) is 6.33. The summed E-state index contributed by atoms with van der Waals surface area (Å²) in [6, 6.07) is 3.37. The number of hydrogen-bond acceptors (Lipinski definition) is 3. The minimum atomic E-state index is -0.274. The van der Waals surface area contributed by atoms with Gasteiger partial charge in [-0.15, -0.1) is 0 Å². The van der Waals surface area contributed by atoms with Crippen molar-refractivity contribution in [2.45, 2.75) is 20.3 Å². The second-order valence-corrected chi connectivity index (χ2v) is 5.48. The summed E-state index contributed by atoms with van der Waals surface area (Å²) in [6.07, 6.45) is 1.83. The molecule has 0 aromatic carbocycles. The number of hydrogen-bond donors (Lipinski definition) is 2. The van der Waals surface area contributed by atoms with E-state index in [1.54, 1.807) is 18.3 Å². The number of halogens is 1. The molecule has 1 aromatic heterocycles. The highest BCUT2D eigenvalue weighted by Gasteiger charge is 2.07. The average Bonchev–Trinajstić information content (AvgIpc) is 2.37. The summed E-state index contributed by atoms with van der Waals surface area (Å²) in [5.41, 5.74) is 0.339. The van der Waals surface area contributed by atoms with Crippen LogP contribution in [0, 0.1) is 5.92 Å². The van der Waals surface area contributed by atoms with Crippen LogP contribution in [0.15, 0.2) is 22.8 Å². The molecule has 0 fully saturated rings. The molecule has 6 heteroatoms. The van der Waals surface area contributed by atoms with Crippen molar-refractivity contribution in [1.82, 2.24) is 15.6 Å². The Labute approximate surface area is 121 Å². The van der Waals surface area contributed by atoms with E-state index in [4.69, 9.17) is 0 Å². The van der Waals surface area contributed by atoms with Crippen LogP contribution in [0.4, 0.5) is 0 Å². The lowest BCUT2D eigenvalue weighted by molar-refractivity contribution is -0.121. The van der Waals surface area contributed by atoms with Crippen LogP contribution in [-0.4, -0.2) is 29.9 Å². The number of pyridine rings is 1. The molecule has 1 rings (SSSR count). The quantitative estimate of drug-likeness (QED) is 0.836. The minimum absolute atomic E-state index is 0.0576. The maximum absolute atomic E-state index is 11.7. The largest absolute Gasteiger partial charge is 0.356 e. The molecule has 0 radical (unpaired) electrons. The zero-order valence-corrected chi connectivity index (χ0v) is 12.7. The third-order valence-electron chi connectivity index (χ3n) is 2.31. The Morgan fingerprint density at radius 3 is 2.63 bits per heavy atom. The molecule has 19 heavy (non-hydrogen) atoms. The zero-order valence-electron chi connectivity index (χ0n) is 11.1. The van der Waals surface area contributed by atoms with Gasteiger partial charge in [0.15, 0.2) is 0 Å². The Morgan fingerprint density at radius 1 is 1.32 bits per heavy atom. The Hall–Kier alpha value is -1.43. The molecule has 1 aromatic rings. The van der Waals surface area contributed by atoms with Gasteiger partial charge in [0.05, 0.1) is 0 Å². The van der Waals surface area contributed by atoms with Gasteiger partial charge < -0.3 is 10.6 Å². The standard InChI is InChI=1S/C13H18BrN3O2/c1-9(2)7-17-12(18)5-6-15-13(19)11-4-3-10(14)8-16-11/h3-4,8-9H,5-7H2,1-2H3,(H,15,19)(H,17,18). The minimum Gasteiger partial charge on any atom is -0.356 e. The summed E-state index contributed by atoms with van der Waals surface area (Å²) < 4.78 is 0.817. The first kappa shape index (κ1) is 15.6. The van der Waals surface area contributed by atoms with Gasteiger partial charge in [0.25, 0.3) is 5.91 Å². The number of rotatable bonds is 6. The molecule has 0 unspecified atom stereocenters. The molecular weight excluding hydrogens is 310 g/mol. The van der Waals surface area contributed by atoms with E-state index in [0.717, 1.165) is 4.47 Å². The molecule has 0 aliphatic carbocycles. The zero-order chi connectivity index (χ0) is 14.3. The van der Waals surface area contributed by atoms with E-state index < -0.39 is 0 Å². The van der Waals surface area contributed by atoms with Gasteiger partial charge >= 0.3 is 0 Å². The van der Waals surface area contributed by atoms with Gasteiger partial charge in [0.2, 0.25) is 5.91 Å². The second kappa shape index (κ2) is 7.89. The van der Waals surface area contributed by atoms with E-state index in [1.165, 1.54) is 0 Å². The second-order valence-electron chi connectivity index (χ2n) is 4.57. The predicted molar refractivity (Wildman–Crippen MR) is 76.7 cm³/mol. The number of amides is 2. The van der Waals surface area contributed by atoms with Crippen LogP contribution in [0.25, 0.3) is 0 Å². The molecule has 2 N–H and O–H groups in total. The summed E-state index contributed by atoms with van der Waals surface area (Å²) in [4.78, 5) is 27.1. The van der Waals surface area contributed by atoms with Crippen molar-refractivity contribution in [1.29, 1.82) is 0 Å². The lowest BCUT2D eigenvalue weighted by Crippen LogP contribution is -2.32. The fourth-order valence-corrected chi connectivity index (χ4v) is 1.53. The average molecular weight is 328 g/mol. The van der Waals surface area contributed by atoms with E-state index in [0.29, 0.717) is 24.7 Å². The molecule has 0 saturated carbocycles. The van der Waals surface area contributed by atoms with Gasteiger partial charge in [0, 0.05) is 30.2 Å². The van der Waals surface area contributed by atoms with Gasteiger partial charge in [0.1, 0.15) is 5.69 Å². The van der Waals surface area contributed by atoms with Crippen molar-refractivity contribution < 1.29 is 9.59 Å². The molecule has 0 aliphatic rings. The highest BCUT2D eigenvalue weighted by atomic mass is 79.9. The highest BCUT2D eigenvalue weighted by Crippen LogP contribution is 2.07. The molecule has 104 valence electrons. The van der Waals surface area contributed by atoms with Crippen molar-refractivity contribution >= 4 is 27.7 Å². The first-order valence-electron chi connectivity index (χ1n) is 6.15. The normalized spacial score (nSPS) is 10.3. The van der Waals surface area contributed by atoms with E-state index in [2.05, 4.69) is 31.5 Å². The molecule has 0 spiro atoms. The molecule has 0 aliphatic heterocycles.